The van der Waals surface area contributed by atoms with Crippen molar-refractivity contribution in [2.75, 3.05) is 6.61 Å². The normalized spacial score (nSPS) is 12.3. The van der Waals surface area contributed by atoms with E-state index in [0.717, 1.165) is 0 Å². The molecule has 0 saturated heterocycles. The molecule has 1 aromatic rings. The molecule has 0 spiro atoms. The molecule has 1 atom stereocenters. The molecule has 0 aromatic heterocycles. The molecule has 0 aliphatic carbocycles. The van der Waals surface area contributed by atoms with Crippen LogP contribution >= 0.6 is 0 Å². The topological polar surface area (TPSA) is 38.7 Å². The maximum absolute atomic E-state index is 12.2. The summed E-state index contributed by atoms with van der Waals surface area (Å²) in [7, 11) is 0. The van der Waals surface area contributed by atoms with Gasteiger partial charge in [-0.3, -0.25) is 0 Å². The second-order valence-electron chi connectivity index (χ2n) is 3.56. The highest BCUT2D eigenvalue weighted by Gasteiger charge is 2.14. The Labute approximate surface area is 105 Å². The summed E-state index contributed by atoms with van der Waals surface area (Å²) in [6, 6.07) is 4.38. The molecule has 0 radical (unpaired) electrons. The Balaban J connectivity index is 2.97. The molecule has 0 aliphatic rings. The molecule has 1 rings (SSSR count). The summed E-state index contributed by atoms with van der Waals surface area (Å²) in [6.07, 6.45) is 1.22. The number of hydrogen-bond donors (Lipinski definition) is 1. The van der Waals surface area contributed by atoms with Gasteiger partial charge in [-0.15, -0.1) is 6.58 Å². The summed E-state index contributed by atoms with van der Waals surface area (Å²) in [5.41, 5.74) is 0.569. The van der Waals surface area contributed by atoms with Crippen molar-refractivity contribution in [1.82, 2.24) is 0 Å². The number of aliphatic hydroxyl groups excluding tert-OH is 1. The Morgan fingerprint density at radius 2 is 2.11 bits per heavy atom. The maximum atomic E-state index is 12.2. The molecule has 0 fully saturated rings. The van der Waals surface area contributed by atoms with E-state index in [1.165, 1.54) is 18.2 Å². The van der Waals surface area contributed by atoms with Crippen LogP contribution in [0.3, 0.4) is 0 Å². The minimum Gasteiger partial charge on any atom is -0.490 e. The van der Waals surface area contributed by atoms with Gasteiger partial charge < -0.3 is 14.6 Å². The van der Waals surface area contributed by atoms with Gasteiger partial charge in [0.2, 0.25) is 0 Å². The van der Waals surface area contributed by atoms with Gasteiger partial charge in [-0.05, 0) is 31.0 Å². The number of alkyl halides is 2. The molecular weight excluding hydrogens is 242 g/mol. The van der Waals surface area contributed by atoms with Crippen LogP contribution in [0.15, 0.2) is 30.9 Å². The van der Waals surface area contributed by atoms with E-state index in [9.17, 15) is 13.9 Å². The van der Waals surface area contributed by atoms with E-state index in [-0.39, 0.29) is 11.5 Å². The molecule has 0 amide bonds. The third kappa shape index (κ3) is 4.00. The zero-order valence-electron chi connectivity index (χ0n) is 10.1. The lowest BCUT2D eigenvalue weighted by atomic mass is 10.1. The molecular formula is C13H16F2O3. The van der Waals surface area contributed by atoms with E-state index in [2.05, 4.69) is 11.3 Å². The Hall–Kier alpha value is -1.62. The van der Waals surface area contributed by atoms with E-state index < -0.39 is 12.7 Å². The van der Waals surface area contributed by atoms with E-state index in [1.807, 2.05) is 0 Å². The Kier molecular flexibility index (Phi) is 5.58. The van der Waals surface area contributed by atoms with Crippen molar-refractivity contribution in [2.45, 2.75) is 26.1 Å². The quantitative estimate of drug-likeness (QED) is 0.763. The van der Waals surface area contributed by atoms with Crippen molar-refractivity contribution in [2.24, 2.45) is 0 Å². The molecule has 0 heterocycles. The van der Waals surface area contributed by atoms with Crippen molar-refractivity contribution in [3.8, 4) is 11.5 Å². The van der Waals surface area contributed by atoms with Gasteiger partial charge in [0.05, 0.1) is 12.7 Å². The number of rotatable bonds is 7. The average molecular weight is 258 g/mol. The van der Waals surface area contributed by atoms with Gasteiger partial charge in [0.1, 0.15) is 0 Å². The highest BCUT2D eigenvalue weighted by atomic mass is 19.3. The van der Waals surface area contributed by atoms with Crippen LogP contribution in [-0.2, 0) is 0 Å². The third-order valence-corrected chi connectivity index (χ3v) is 2.26. The summed E-state index contributed by atoms with van der Waals surface area (Å²) in [5.74, 6) is 0.153. The fourth-order valence-corrected chi connectivity index (χ4v) is 1.49. The molecule has 1 N–H and O–H groups in total. The van der Waals surface area contributed by atoms with Gasteiger partial charge in [-0.1, -0.05) is 12.1 Å². The van der Waals surface area contributed by atoms with Crippen molar-refractivity contribution in [3.63, 3.8) is 0 Å². The molecule has 100 valence electrons. The average Bonchev–Trinajstić information content (AvgIpc) is 2.31. The molecule has 0 bridgehead atoms. The first-order chi connectivity index (χ1) is 8.58. The van der Waals surface area contributed by atoms with Gasteiger partial charge in [-0.25, -0.2) is 0 Å². The summed E-state index contributed by atoms with van der Waals surface area (Å²) in [6.45, 7) is 2.67. The highest BCUT2D eigenvalue weighted by molar-refractivity contribution is 5.43. The summed E-state index contributed by atoms with van der Waals surface area (Å²) in [4.78, 5) is 0. The zero-order chi connectivity index (χ0) is 13.5. The van der Waals surface area contributed by atoms with Gasteiger partial charge in [-0.2, -0.15) is 8.78 Å². The van der Waals surface area contributed by atoms with Crippen LogP contribution in [0, 0.1) is 0 Å². The molecule has 0 aliphatic heterocycles. The number of halogens is 2. The van der Waals surface area contributed by atoms with Gasteiger partial charge in [0.25, 0.3) is 0 Å². The molecule has 1 unspecified atom stereocenters. The summed E-state index contributed by atoms with van der Waals surface area (Å²) < 4.78 is 33.9. The predicted octanol–water partition coefficient (Wildman–Crippen LogP) is 3.30. The van der Waals surface area contributed by atoms with Crippen molar-refractivity contribution < 1.29 is 23.4 Å². The largest absolute Gasteiger partial charge is 0.490 e. The van der Waals surface area contributed by atoms with E-state index in [4.69, 9.17) is 4.74 Å². The predicted molar refractivity (Wildman–Crippen MR) is 64.0 cm³/mol. The van der Waals surface area contributed by atoms with Crippen LogP contribution < -0.4 is 9.47 Å². The number of benzene rings is 1. The third-order valence-electron chi connectivity index (χ3n) is 2.26. The van der Waals surface area contributed by atoms with Crippen LogP contribution in [0.4, 0.5) is 8.78 Å². The van der Waals surface area contributed by atoms with E-state index in [1.54, 1.807) is 13.0 Å². The van der Waals surface area contributed by atoms with Crippen LogP contribution in [0.1, 0.15) is 25.0 Å². The monoisotopic (exact) mass is 258 g/mol. The fraction of sp³-hybridized carbons (Fsp3) is 0.385. The SMILES string of the molecule is C=CCC(O)c1ccc(OC(F)F)c(OCC)c1. The second-order valence-corrected chi connectivity index (χ2v) is 3.56. The Bertz CT molecular complexity index is 394. The van der Waals surface area contributed by atoms with Crippen LogP contribution in [0.25, 0.3) is 0 Å². The van der Waals surface area contributed by atoms with Crippen molar-refractivity contribution in [1.29, 1.82) is 0 Å². The van der Waals surface area contributed by atoms with Crippen molar-refractivity contribution >= 4 is 0 Å². The van der Waals surface area contributed by atoms with Crippen molar-refractivity contribution in [3.05, 3.63) is 36.4 Å². The lowest BCUT2D eigenvalue weighted by Crippen LogP contribution is -2.05. The lowest BCUT2D eigenvalue weighted by Gasteiger charge is -2.14. The molecule has 5 heteroatoms. The highest BCUT2D eigenvalue weighted by Crippen LogP contribution is 2.32. The van der Waals surface area contributed by atoms with Gasteiger partial charge in [0, 0.05) is 0 Å². The van der Waals surface area contributed by atoms with Crippen LogP contribution in [-0.4, -0.2) is 18.3 Å². The lowest BCUT2D eigenvalue weighted by molar-refractivity contribution is -0.0514. The molecule has 1 aromatic carbocycles. The van der Waals surface area contributed by atoms with Crippen LogP contribution in [0.2, 0.25) is 0 Å². The summed E-state index contributed by atoms with van der Waals surface area (Å²) in [5, 5.41) is 9.77. The summed E-state index contributed by atoms with van der Waals surface area (Å²) >= 11 is 0. The van der Waals surface area contributed by atoms with E-state index >= 15 is 0 Å². The number of ether oxygens (including phenoxy) is 2. The number of hydrogen-bond acceptors (Lipinski definition) is 3. The van der Waals surface area contributed by atoms with E-state index in [0.29, 0.717) is 18.6 Å². The molecule has 3 nitrogen and oxygen atoms in total. The molecule has 18 heavy (non-hydrogen) atoms. The smallest absolute Gasteiger partial charge is 0.387 e. The first kappa shape index (κ1) is 14.4. The first-order valence-electron chi connectivity index (χ1n) is 5.59. The number of aliphatic hydroxyl groups is 1. The second kappa shape index (κ2) is 6.96. The fourth-order valence-electron chi connectivity index (χ4n) is 1.49. The Morgan fingerprint density at radius 3 is 2.67 bits per heavy atom. The minimum absolute atomic E-state index is 0.0404. The molecule has 0 saturated carbocycles. The minimum atomic E-state index is -2.91. The Morgan fingerprint density at radius 1 is 1.39 bits per heavy atom. The van der Waals surface area contributed by atoms with Crippen LogP contribution in [0.5, 0.6) is 11.5 Å². The maximum Gasteiger partial charge on any atom is 0.387 e. The van der Waals surface area contributed by atoms with Gasteiger partial charge in [0.15, 0.2) is 11.5 Å². The van der Waals surface area contributed by atoms with Gasteiger partial charge >= 0.3 is 6.61 Å². The zero-order valence-corrected chi connectivity index (χ0v) is 10.1. The first-order valence-corrected chi connectivity index (χ1v) is 5.59. The standard InChI is InChI=1S/C13H16F2O3/c1-3-5-10(16)9-6-7-11(18-13(14)15)12(8-9)17-4-2/h3,6-8,10,13,16H,1,4-5H2,2H3.